The highest BCUT2D eigenvalue weighted by Gasteiger charge is 2.74. The van der Waals surface area contributed by atoms with Crippen LogP contribution in [0.15, 0.2) is 11.6 Å². The van der Waals surface area contributed by atoms with E-state index in [0.29, 0.717) is 41.3 Å². The van der Waals surface area contributed by atoms with Crippen molar-refractivity contribution < 1.29 is 14.4 Å². The van der Waals surface area contributed by atoms with Crippen molar-refractivity contribution in [1.29, 1.82) is 0 Å². The van der Waals surface area contributed by atoms with Crippen molar-refractivity contribution in [2.24, 2.45) is 34.5 Å². The molecule has 0 saturated heterocycles. The summed E-state index contributed by atoms with van der Waals surface area (Å²) in [6.07, 6.45) is 5.11. The van der Waals surface area contributed by atoms with Crippen LogP contribution < -0.4 is 0 Å². The summed E-state index contributed by atoms with van der Waals surface area (Å²) in [7, 11) is 0. The Hall–Kier alpha value is -2.10. The molecule has 6 rings (SSSR count). The molecule has 1 saturated carbocycles. The van der Waals surface area contributed by atoms with Crippen LogP contribution in [0.2, 0.25) is 0 Å². The van der Waals surface area contributed by atoms with Crippen LogP contribution in [0.5, 0.6) is 0 Å². The molecule has 0 aliphatic heterocycles. The van der Waals surface area contributed by atoms with Gasteiger partial charge in [-0.25, -0.2) is 4.98 Å². The molecule has 1 fully saturated rings. The molecule has 1 aromatic heterocycles. The lowest BCUT2D eigenvalue weighted by atomic mass is 9.55. The molecule has 0 radical (unpaired) electrons. The molecular weight excluding hydrogens is 386 g/mol. The fourth-order valence-corrected chi connectivity index (χ4v) is 8.08. The molecule has 5 aliphatic carbocycles. The third-order valence-corrected chi connectivity index (χ3v) is 10.3. The minimum absolute atomic E-state index is 0.0181. The molecule has 1 aromatic rings. The number of fused-ring (bicyclic) bond motifs is 5. The zero-order valence-corrected chi connectivity index (χ0v) is 19.4. The van der Waals surface area contributed by atoms with E-state index in [1.807, 2.05) is 0 Å². The van der Waals surface area contributed by atoms with Crippen LogP contribution in [-0.4, -0.2) is 22.3 Å². The number of nitrogens with zero attached hydrogens (tertiary/aromatic N) is 1. The summed E-state index contributed by atoms with van der Waals surface area (Å²) in [6, 6.07) is 0. The third kappa shape index (κ3) is 1.99. The molecule has 4 heteroatoms. The summed E-state index contributed by atoms with van der Waals surface area (Å²) in [5.41, 5.74) is 3.23. The van der Waals surface area contributed by atoms with E-state index in [2.05, 4.69) is 47.6 Å². The predicted molar refractivity (Wildman–Crippen MR) is 117 cm³/mol. The Bertz CT molecular complexity index is 1160. The normalized spacial score (nSPS) is 41.6. The smallest absolute Gasteiger partial charge is 0.191 e. The Morgan fingerprint density at radius 3 is 2.42 bits per heavy atom. The van der Waals surface area contributed by atoms with E-state index >= 15 is 0 Å². The topological polar surface area (TPSA) is 64.1 Å². The Kier molecular flexibility index (Phi) is 3.44. The van der Waals surface area contributed by atoms with Crippen LogP contribution in [0.1, 0.15) is 103 Å². The highest BCUT2D eigenvalue weighted by atomic mass is 16.1. The molecule has 0 aromatic carbocycles. The van der Waals surface area contributed by atoms with Gasteiger partial charge in [-0.1, -0.05) is 47.6 Å². The molecule has 0 spiro atoms. The first-order chi connectivity index (χ1) is 14.5. The predicted octanol–water partition coefficient (Wildman–Crippen LogP) is 5.13. The van der Waals surface area contributed by atoms with Gasteiger partial charge in [0.25, 0.3) is 0 Å². The first-order valence-corrected chi connectivity index (χ1v) is 11.9. The van der Waals surface area contributed by atoms with Gasteiger partial charge < -0.3 is 0 Å². The van der Waals surface area contributed by atoms with Gasteiger partial charge in [0.1, 0.15) is 5.69 Å². The van der Waals surface area contributed by atoms with E-state index in [1.54, 1.807) is 0 Å². The second-order valence-electron chi connectivity index (χ2n) is 12.0. The second kappa shape index (κ2) is 5.44. The Morgan fingerprint density at radius 1 is 1.00 bits per heavy atom. The first-order valence-electron chi connectivity index (χ1n) is 11.9. The van der Waals surface area contributed by atoms with Gasteiger partial charge in [-0.2, -0.15) is 0 Å². The van der Waals surface area contributed by atoms with Crippen LogP contribution in [0, 0.1) is 34.5 Å². The monoisotopic (exact) mass is 417 g/mol. The minimum Gasteiger partial charge on any atom is -0.294 e. The molecular formula is C27H31NO3. The molecule has 0 unspecified atom stereocenters. The Balaban J connectivity index is 1.69. The van der Waals surface area contributed by atoms with Crippen LogP contribution in [0.4, 0.5) is 0 Å². The summed E-state index contributed by atoms with van der Waals surface area (Å²) in [5, 5.41) is 0. The highest BCUT2D eigenvalue weighted by molar-refractivity contribution is 6.20. The molecule has 0 bridgehead atoms. The van der Waals surface area contributed by atoms with E-state index in [1.165, 1.54) is 0 Å². The number of hydrogen-bond acceptors (Lipinski definition) is 4. The molecule has 6 atom stereocenters. The van der Waals surface area contributed by atoms with Gasteiger partial charge in [-0.15, -0.1) is 0 Å². The molecule has 4 nitrogen and oxygen atoms in total. The summed E-state index contributed by atoms with van der Waals surface area (Å²) < 4.78 is 0. The number of carbonyl (C=O) groups excluding carboxylic acids is 3. The van der Waals surface area contributed by atoms with Crippen molar-refractivity contribution >= 4 is 17.3 Å². The lowest BCUT2D eigenvalue weighted by Gasteiger charge is -2.48. The quantitative estimate of drug-likeness (QED) is 0.587. The number of pyridine rings is 1. The number of Topliss-reactive ketones (excluding diaryl/α,β-unsaturated/α-hetero) is 3. The Morgan fingerprint density at radius 2 is 1.71 bits per heavy atom. The van der Waals surface area contributed by atoms with Gasteiger partial charge in [0.05, 0.1) is 11.3 Å². The summed E-state index contributed by atoms with van der Waals surface area (Å²) >= 11 is 0. The number of carbonyl (C=O) groups is 3. The van der Waals surface area contributed by atoms with Gasteiger partial charge in [0.15, 0.2) is 17.3 Å². The molecule has 31 heavy (non-hydrogen) atoms. The van der Waals surface area contributed by atoms with Crippen molar-refractivity contribution in [3.8, 4) is 0 Å². The number of aromatic nitrogens is 1. The average Bonchev–Trinajstić information content (AvgIpc) is 3.28. The van der Waals surface area contributed by atoms with Gasteiger partial charge in [0.2, 0.25) is 0 Å². The zero-order chi connectivity index (χ0) is 22.2. The standard InChI is InChI=1S/C27H31NO3/c1-12-8-7-9-14-22(30)17-15(11-26(12,14)5)28-21-19-18(17)16(29)10-13(2)27(19,6)24-20(23(21)31)25(24,3)4/h9,12-13,20,24H,7-8,10-11H2,1-6H3/t12-,13-,20-,24+,26+,27+/m1/s1. The largest absolute Gasteiger partial charge is 0.294 e. The summed E-state index contributed by atoms with van der Waals surface area (Å²) in [6.45, 7) is 13.1. The lowest BCUT2D eigenvalue weighted by molar-refractivity contribution is 0.0828. The van der Waals surface area contributed by atoms with Crippen LogP contribution in [-0.2, 0) is 11.8 Å². The molecule has 0 N–H and O–H groups in total. The summed E-state index contributed by atoms with van der Waals surface area (Å²) in [4.78, 5) is 45.9. The van der Waals surface area contributed by atoms with Crippen molar-refractivity contribution in [2.45, 2.75) is 72.6 Å². The molecule has 0 amide bonds. The van der Waals surface area contributed by atoms with Crippen LogP contribution in [0.25, 0.3) is 0 Å². The van der Waals surface area contributed by atoms with Crippen molar-refractivity contribution in [1.82, 2.24) is 4.98 Å². The zero-order valence-electron chi connectivity index (χ0n) is 19.4. The lowest BCUT2D eigenvalue weighted by Crippen LogP contribution is -2.48. The number of allylic oxidation sites excluding steroid dienone is 2. The fraction of sp³-hybridized carbons (Fsp3) is 0.630. The molecule has 162 valence electrons. The molecule has 5 aliphatic rings. The number of hydrogen-bond donors (Lipinski definition) is 0. The average molecular weight is 418 g/mol. The van der Waals surface area contributed by atoms with Gasteiger partial charge >= 0.3 is 0 Å². The number of ketones is 3. The van der Waals surface area contributed by atoms with E-state index in [4.69, 9.17) is 4.98 Å². The number of rotatable bonds is 0. The van der Waals surface area contributed by atoms with Crippen LogP contribution in [0.3, 0.4) is 0 Å². The summed E-state index contributed by atoms with van der Waals surface area (Å²) in [5.74, 6) is 0.761. The third-order valence-electron chi connectivity index (χ3n) is 10.3. The minimum atomic E-state index is -0.294. The van der Waals surface area contributed by atoms with Gasteiger partial charge in [0, 0.05) is 40.7 Å². The van der Waals surface area contributed by atoms with E-state index in [9.17, 15) is 14.4 Å². The van der Waals surface area contributed by atoms with Gasteiger partial charge in [-0.3, -0.25) is 14.4 Å². The SMILES string of the molecule is C[C@@H]1CC(=O)c2c3c(nc4c2[C@@]1(C)[C@H]1[C@@H](C4=O)C1(C)C)C[C@]1(C)C(=CCC[C@H]1C)C3=O. The maximum Gasteiger partial charge on any atom is 0.191 e. The van der Waals surface area contributed by atoms with Crippen molar-refractivity contribution in [2.75, 3.05) is 0 Å². The maximum absolute atomic E-state index is 13.9. The van der Waals surface area contributed by atoms with E-state index < -0.39 is 0 Å². The van der Waals surface area contributed by atoms with Crippen molar-refractivity contribution in [3.05, 3.63) is 39.7 Å². The second-order valence-corrected chi connectivity index (χ2v) is 12.0. The maximum atomic E-state index is 13.9. The highest BCUT2D eigenvalue weighted by Crippen LogP contribution is 2.73. The van der Waals surface area contributed by atoms with E-state index in [0.717, 1.165) is 24.0 Å². The Labute approximate surface area is 183 Å². The fourth-order valence-electron chi connectivity index (χ4n) is 8.08. The van der Waals surface area contributed by atoms with E-state index in [-0.39, 0.29) is 51.3 Å². The molecule has 1 heterocycles. The van der Waals surface area contributed by atoms with Crippen LogP contribution >= 0.6 is 0 Å². The van der Waals surface area contributed by atoms with Crippen molar-refractivity contribution in [3.63, 3.8) is 0 Å². The van der Waals surface area contributed by atoms with Gasteiger partial charge in [-0.05, 0) is 41.6 Å². The first kappa shape index (κ1) is 19.6.